The normalized spacial score (nSPS) is 12.5. The quantitative estimate of drug-likeness (QED) is 0.367. The van der Waals surface area contributed by atoms with Gasteiger partial charge in [0, 0.05) is 26.1 Å². The van der Waals surface area contributed by atoms with E-state index in [0.717, 1.165) is 0 Å². The summed E-state index contributed by atoms with van der Waals surface area (Å²) in [5.41, 5.74) is 0. The van der Waals surface area contributed by atoms with Gasteiger partial charge in [-0.1, -0.05) is 0 Å². The van der Waals surface area contributed by atoms with E-state index >= 15 is 0 Å². The minimum Gasteiger partial charge on any atom is -0.394 e. The van der Waals surface area contributed by atoms with E-state index in [9.17, 15) is 4.79 Å². The smallest absolute Gasteiger partial charge is 0.221 e. The van der Waals surface area contributed by atoms with Crippen LogP contribution in [0.5, 0.6) is 0 Å². The lowest BCUT2D eigenvalue weighted by atomic mass is 10.3. The Hall–Kier alpha value is -0.650. The Morgan fingerprint density at radius 2 is 2.23 bits per heavy atom. The molecule has 0 unspecified atom stereocenters. The van der Waals surface area contributed by atoms with Crippen molar-refractivity contribution in [3.63, 3.8) is 0 Å². The van der Waals surface area contributed by atoms with Crippen LogP contribution in [0.25, 0.3) is 0 Å². The van der Waals surface area contributed by atoms with Gasteiger partial charge < -0.3 is 20.8 Å². The van der Waals surface area contributed by atoms with Gasteiger partial charge in [0.05, 0.1) is 12.7 Å². The molecule has 0 heterocycles. The number of carbonyl (C=O) groups excluding carboxylic acids is 1. The molecule has 0 aromatic rings. The summed E-state index contributed by atoms with van der Waals surface area (Å²) in [5.74, 6) is -0.00603. The van der Waals surface area contributed by atoms with Gasteiger partial charge in [0.15, 0.2) is 0 Å². The van der Waals surface area contributed by atoms with Crippen LogP contribution in [0.3, 0.4) is 0 Å². The molecule has 5 nitrogen and oxygen atoms in total. The van der Waals surface area contributed by atoms with Crippen molar-refractivity contribution >= 4 is 5.91 Å². The first-order valence-corrected chi connectivity index (χ1v) is 4.47. The lowest BCUT2D eigenvalue weighted by Gasteiger charge is -2.08. The Labute approximate surface area is 78.1 Å². The van der Waals surface area contributed by atoms with Gasteiger partial charge in [0.2, 0.25) is 5.91 Å². The van der Waals surface area contributed by atoms with Gasteiger partial charge in [0.1, 0.15) is 0 Å². The number of amides is 1. The number of rotatable bonds is 7. The molecule has 0 aromatic carbocycles. The number of aliphatic hydroxyl groups is 2. The lowest BCUT2D eigenvalue weighted by Crippen LogP contribution is -2.33. The van der Waals surface area contributed by atoms with E-state index in [1.165, 1.54) is 0 Å². The second-order valence-corrected chi connectivity index (χ2v) is 2.74. The predicted molar refractivity (Wildman–Crippen MR) is 49.3 cm³/mol. The molecule has 4 N–H and O–H groups in total. The van der Waals surface area contributed by atoms with Crippen LogP contribution in [0, 0.1) is 0 Å². The standard InChI is InChI=1S/C8H18N2O3/c1-2-10-8(13)3-4-9-5-7(12)6-11/h7,9,11-12H,2-6H2,1H3,(H,10,13)/t7-/m0/s1. The summed E-state index contributed by atoms with van der Waals surface area (Å²) in [7, 11) is 0. The van der Waals surface area contributed by atoms with E-state index in [-0.39, 0.29) is 12.5 Å². The Morgan fingerprint density at radius 3 is 2.77 bits per heavy atom. The summed E-state index contributed by atoms with van der Waals surface area (Å²) in [5, 5.41) is 22.9. The van der Waals surface area contributed by atoms with E-state index in [4.69, 9.17) is 10.2 Å². The molecule has 5 heteroatoms. The van der Waals surface area contributed by atoms with E-state index in [2.05, 4.69) is 10.6 Å². The van der Waals surface area contributed by atoms with Crippen LogP contribution in [0.15, 0.2) is 0 Å². The molecule has 0 aromatic heterocycles. The molecule has 0 saturated carbocycles. The molecule has 78 valence electrons. The predicted octanol–water partition coefficient (Wildman–Crippen LogP) is -1.54. The number of hydrogen-bond acceptors (Lipinski definition) is 4. The minimum absolute atomic E-state index is 0.00603. The Balaban J connectivity index is 3.20. The molecule has 0 aliphatic carbocycles. The summed E-state index contributed by atoms with van der Waals surface area (Å²) in [4.78, 5) is 10.9. The van der Waals surface area contributed by atoms with E-state index < -0.39 is 6.10 Å². The summed E-state index contributed by atoms with van der Waals surface area (Å²) in [6.45, 7) is 3.08. The molecular formula is C8H18N2O3. The third-order valence-corrected chi connectivity index (χ3v) is 1.49. The highest BCUT2D eigenvalue weighted by molar-refractivity contribution is 5.75. The first-order valence-electron chi connectivity index (χ1n) is 4.47. The Bertz CT molecular complexity index is 141. The largest absolute Gasteiger partial charge is 0.394 e. The van der Waals surface area contributed by atoms with Crippen molar-refractivity contribution in [2.24, 2.45) is 0 Å². The molecule has 0 aliphatic heterocycles. The van der Waals surface area contributed by atoms with Gasteiger partial charge in [-0.2, -0.15) is 0 Å². The van der Waals surface area contributed by atoms with Crippen molar-refractivity contribution < 1.29 is 15.0 Å². The fraction of sp³-hybridized carbons (Fsp3) is 0.875. The van der Waals surface area contributed by atoms with Crippen molar-refractivity contribution in [3.8, 4) is 0 Å². The van der Waals surface area contributed by atoms with Gasteiger partial charge in [-0.05, 0) is 6.92 Å². The molecule has 0 spiro atoms. The van der Waals surface area contributed by atoms with Crippen LogP contribution in [-0.4, -0.2) is 48.5 Å². The molecule has 1 amide bonds. The molecule has 0 rings (SSSR count). The highest BCUT2D eigenvalue weighted by atomic mass is 16.3. The van der Waals surface area contributed by atoms with Gasteiger partial charge in [-0.3, -0.25) is 4.79 Å². The van der Waals surface area contributed by atoms with Crippen molar-refractivity contribution in [1.82, 2.24) is 10.6 Å². The maximum Gasteiger partial charge on any atom is 0.221 e. The topological polar surface area (TPSA) is 81.6 Å². The molecule has 0 aliphatic rings. The summed E-state index contributed by atoms with van der Waals surface area (Å²) < 4.78 is 0. The zero-order valence-electron chi connectivity index (χ0n) is 7.92. The van der Waals surface area contributed by atoms with Gasteiger partial charge in [-0.25, -0.2) is 0 Å². The first kappa shape index (κ1) is 12.3. The molecule has 0 saturated heterocycles. The van der Waals surface area contributed by atoms with Gasteiger partial charge in [-0.15, -0.1) is 0 Å². The number of aliphatic hydroxyl groups excluding tert-OH is 2. The van der Waals surface area contributed by atoms with Crippen molar-refractivity contribution in [2.75, 3.05) is 26.2 Å². The molecular weight excluding hydrogens is 172 g/mol. The summed E-state index contributed by atoms with van der Waals surface area (Å²) in [6.07, 6.45) is -0.347. The average Bonchev–Trinajstić information content (AvgIpc) is 2.12. The van der Waals surface area contributed by atoms with Crippen molar-refractivity contribution in [3.05, 3.63) is 0 Å². The minimum atomic E-state index is -0.741. The molecule has 0 radical (unpaired) electrons. The summed E-state index contributed by atoms with van der Waals surface area (Å²) >= 11 is 0. The van der Waals surface area contributed by atoms with Crippen molar-refractivity contribution in [2.45, 2.75) is 19.4 Å². The van der Waals surface area contributed by atoms with Crippen LogP contribution in [0.1, 0.15) is 13.3 Å². The zero-order chi connectivity index (χ0) is 10.1. The van der Waals surface area contributed by atoms with Crippen LogP contribution in [0.4, 0.5) is 0 Å². The average molecular weight is 190 g/mol. The second-order valence-electron chi connectivity index (χ2n) is 2.74. The SMILES string of the molecule is CCNC(=O)CCNC[C@H](O)CO. The van der Waals surface area contributed by atoms with Crippen molar-refractivity contribution in [1.29, 1.82) is 0 Å². The fourth-order valence-corrected chi connectivity index (χ4v) is 0.821. The Morgan fingerprint density at radius 1 is 1.54 bits per heavy atom. The third kappa shape index (κ3) is 7.70. The molecule has 0 bridgehead atoms. The third-order valence-electron chi connectivity index (χ3n) is 1.49. The van der Waals surface area contributed by atoms with Crippen LogP contribution < -0.4 is 10.6 Å². The van der Waals surface area contributed by atoms with E-state index in [1.54, 1.807) is 0 Å². The molecule has 0 fully saturated rings. The number of nitrogens with one attached hydrogen (secondary N) is 2. The number of carbonyl (C=O) groups is 1. The fourth-order valence-electron chi connectivity index (χ4n) is 0.821. The molecule has 1 atom stereocenters. The lowest BCUT2D eigenvalue weighted by molar-refractivity contribution is -0.120. The zero-order valence-corrected chi connectivity index (χ0v) is 7.92. The Kier molecular flexibility index (Phi) is 7.57. The van der Waals surface area contributed by atoms with Crippen LogP contribution >= 0.6 is 0 Å². The summed E-state index contributed by atoms with van der Waals surface area (Å²) in [6, 6.07) is 0. The van der Waals surface area contributed by atoms with E-state index in [0.29, 0.717) is 26.1 Å². The second kappa shape index (κ2) is 7.97. The first-order chi connectivity index (χ1) is 6.20. The van der Waals surface area contributed by atoms with Gasteiger partial charge >= 0.3 is 0 Å². The monoisotopic (exact) mass is 190 g/mol. The highest BCUT2D eigenvalue weighted by Gasteiger charge is 2.01. The van der Waals surface area contributed by atoms with Gasteiger partial charge in [0.25, 0.3) is 0 Å². The number of hydrogen-bond donors (Lipinski definition) is 4. The van der Waals surface area contributed by atoms with Crippen LogP contribution in [-0.2, 0) is 4.79 Å². The van der Waals surface area contributed by atoms with E-state index in [1.807, 2.05) is 6.92 Å². The molecule has 13 heavy (non-hydrogen) atoms. The van der Waals surface area contributed by atoms with Crippen LogP contribution in [0.2, 0.25) is 0 Å². The maximum absolute atomic E-state index is 10.9. The maximum atomic E-state index is 10.9. The highest BCUT2D eigenvalue weighted by Crippen LogP contribution is 1.79.